The Bertz CT molecular complexity index is 533. The van der Waals surface area contributed by atoms with Crippen LogP contribution in [0.1, 0.15) is 5.56 Å². The monoisotopic (exact) mass is 330 g/mol. The third-order valence-corrected chi connectivity index (χ3v) is 4.26. The number of halogens is 1. The topological polar surface area (TPSA) is 58.6 Å². The van der Waals surface area contributed by atoms with Crippen LogP contribution in [0.3, 0.4) is 0 Å². The van der Waals surface area contributed by atoms with E-state index in [-0.39, 0.29) is 12.5 Å². The van der Waals surface area contributed by atoms with Crippen molar-refractivity contribution in [3.05, 3.63) is 28.8 Å². The third kappa shape index (κ3) is 4.98. The molecule has 0 radical (unpaired) electrons. The summed E-state index contributed by atoms with van der Waals surface area (Å²) in [5, 5.41) is 3.61. The third-order valence-electron chi connectivity index (χ3n) is 3.19. The number of rotatable bonds is 5. The number of carbonyl (C=O) groups excluding carboxylic acids is 1. The summed E-state index contributed by atoms with van der Waals surface area (Å²) >= 11 is 6.12. The van der Waals surface area contributed by atoms with Gasteiger partial charge in [-0.15, -0.1) is 0 Å². The van der Waals surface area contributed by atoms with Gasteiger partial charge >= 0.3 is 0 Å². The van der Waals surface area contributed by atoms with Crippen molar-refractivity contribution >= 4 is 34.0 Å². The first-order chi connectivity index (χ1) is 10.1. The van der Waals surface area contributed by atoms with Crippen molar-refractivity contribution in [3.8, 4) is 0 Å². The van der Waals surface area contributed by atoms with Crippen LogP contribution in [0.15, 0.2) is 18.2 Å². The predicted octanol–water partition coefficient (Wildman–Crippen LogP) is 1.49. The van der Waals surface area contributed by atoms with Crippen LogP contribution in [0.5, 0.6) is 0 Å². The van der Waals surface area contributed by atoms with Crippen molar-refractivity contribution in [2.45, 2.75) is 5.75 Å². The van der Waals surface area contributed by atoms with Gasteiger partial charge in [0.2, 0.25) is 5.91 Å². The lowest BCUT2D eigenvalue weighted by atomic mass is 10.2. The van der Waals surface area contributed by atoms with Crippen LogP contribution in [-0.4, -0.2) is 54.1 Å². The summed E-state index contributed by atoms with van der Waals surface area (Å²) in [6, 6.07) is 5.44. The molecule has 0 saturated carbocycles. The molecule has 116 valence electrons. The molecule has 0 aliphatic carbocycles. The maximum Gasteiger partial charge on any atom is 0.242 e. The highest BCUT2D eigenvalue weighted by Crippen LogP contribution is 2.23. The van der Waals surface area contributed by atoms with E-state index in [4.69, 9.17) is 16.3 Å². The zero-order valence-electron chi connectivity index (χ0n) is 11.9. The number of amides is 1. The number of nitrogens with one attached hydrogen (secondary N) is 1. The fraction of sp³-hybridized carbons (Fsp3) is 0.500. The molecule has 2 rings (SSSR count). The highest BCUT2D eigenvalue weighted by molar-refractivity contribution is 7.83. The average Bonchev–Trinajstić information content (AvgIpc) is 2.48. The SMILES string of the molecule is CS(=O)Cc1ccc(Cl)c(NCC(=O)N2CCOCC2)c1. The fourth-order valence-electron chi connectivity index (χ4n) is 2.13. The highest BCUT2D eigenvalue weighted by Gasteiger charge is 2.16. The standard InChI is InChI=1S/C14H19ClN2O3S/c1-21(19)10-11-2-3-12(15)13(8-11)16-9-14(18)17-4-6-20-7-5-17/h2-3,8,16H,4-7,9-10H2,1H3. The maximum absolute atomic E-state index is 12.1. The number of nitrogens with zero attached hydrogens (tertiary/aromatic N) is 1. The molecule has 1 unspecified atom stereocenters. The van der Waals surface area contributed by atoms with Crippen molar-refractivity contribution < 1.29 is 13.7 Å². The molecule has 0 aromatic heterocycles. The molecule has 0 bridgehead atoms. The maximum atomic E-state index is 12.1. The molecule has 1 fully saturated rings. The molecule has 5 nitrogen and oxygen atoms in total. The van der Waals surface area contributed by atoms with Gasteiger partial charge in [0.1, 0.15) is 0 Å². The first kappa shape index (κ1) is 16.3. The highest BCUT2D eigenvalue weighted by atomic mass is 35.5. The molecule has 1 heterocycles. The van der Waals surface area contributed by atoms with Crippen LogP contribution in [0.4, 0.5) is 5.69 Å². The minimum absolute atomic E-state index is 0.0267. The summed E-state index contributed by atoms with van der Waals surface area (Å²) in [6.45, 7) is 2.62. The van der Waals surface area contributed by atoms with Gasteiger partial charge in [-0.25, -0.2) is 0 Å². The number of hydrogen-bond acceptors (Lipinski definition) is 4. The molecule has 7 heteroatoms. The Labute approximate surface area is 132 Å². The molecule has 21 heavy (non-hydrogen) atoms. The second kappa shape index (κ2) is 7.77. The second-order valence-electron chi connectivity index (χ2n) is 4.88. The Morgan fingerprint density at radius 1 is 1.43 bits per heavy atom. The largest absolute Gasteiger partial charge is 0.378 e. The molecular formula is C14H19ClN2O3S. The Morgan fingerprint density at radius 2 is 2.14 bits per heavy atom. The number of morpholine rings is 1. The molecule has 1 amide bonds. The molecular weight excluding hydrogens is 312 g/mol. The summed E-state index contributed by atoms with van der Waals surface area (Å²) in [4.78, 5) is 13.8. The van der Waals surface area contributed by atoms with Crippen LogP contribution in [-0.2, 0) is 26.1 Å². The van der Waals surface area contributed by atoms with Crippen LogP contribution in [0.25, 0.3) is 0 Å². The Morgan fingerprint density at radius 3 is 2.81 bits per heavy atom. The molecule has 1 aromatic carbocycles. The summed E-state index contributed by atoms with van der Waals surface area (Å²) in [7, 11) is -0.908. The van der Waals surface area contributed by atoms with Gasteiger partial charge in [0, 0.05) is 35.9 Å². The van der Waals surface area contributed by atoms with Crippen LogP contribution >= 0.6 is 11.6 Å². The molecule has 1 atom stereocenters. The average molecular weight is 331 g/mol. The molecule has 1 saturated heterocycles. The van der Waals surface area contributed by atoms with E-state index in [2.05, 4.69) is 5.32 Å². The van der Waals surface area contributed by atoms with Crippen molar-refractivity contribution in [2.75, 3.05) is 44.4 Å². The molecule has 1 aromatic rings. The van der Waals surface area contributed by atoms with Crippen molar-refractivity contribution in [1.29, 1.82) is 0 Å². The van der Waals surface area contributed by atoms with Crippen molar-refractivity contribution in [2.24, 2.45) is 0 Å². The lowest BCUT2D eigenvalue weighted by molar-refractivity contribution is -0.133. The zero-order chi connectivity index (χ0) is 15.2. The lowest BCUT2D eigenvalue weighted by Gasteiger charge is -2.27. The molecule has 1 aliphatic rings. The van der Waals surface area contributed by atoms with E-state index in [1.165, 1.54) is 0 Å². The quantitative estimate of drug-likeness (QED) is 0.888. The second-order valence-corrected chi connectivity index (χ2v) is 6.72. The minimum Gasteiger partial charge on any atom is -0.378 e. The van der Waals surface area contributed by atoms with E-state index in [0.29, 0.717) is 42.8 Å². The Balaban J connectivity index is 1.95. The van der Waals surface area contributed by atoms with E-state index in [0.717, 1.165) is 5.56 Å². The normalized spacial score (nSPS) is 16.6. The van der Waals surface area contributed by atoms with Crippen LogP contribution < -0.4 is 5.32 Å². The van der Waals surface area contributed by atoms with Gasteiger partial charge in [-0.1, -0.05) is 17.7 Å². The summed E-state index contributed by atoms with van der Waals surface area (Å²) < 4.78 is 16.5. The number of carbonyl (C=O) groups is 1. The van der Waals surface area contributed by atoms with Crippen molar-refractivity contribution in [3.63, 3.8) is 0 Å². The fourth-order valence-corrected chi connectivity index (χ4v) is 2.96. The van der Waals surface area contributed by atoms with E-state index >= 15 is 0 Å². The number of hydrogen-bond donors (Lipinski definition) is 1. The van der Waals surface area contributed by atoms with E-state index in [1.54, 1.807) is 17.2 Å². The Kier molecular flexibility index (Phi) is 6.02. The van der Waals surface area contributed by atoms with E-state index < -0.39 is 10.8 Å². The van der Waals surface area contributed by atoms with Crippen molar-refractivity contribution in [1.82, 2.24) is 4.90 Å². The van der Waals surface area contributed by atoms with E-state index in [1.807, 2.05) is 12.1 Å². The summed E-state index contributed by atoms with van der Waals surface area (Å²) in [5.74, 6) is 0.502. The van der Waals surface area contributed by atoms with Gasteiger partial charge in [-0.05, 0) is 17.7 Å². The predicted molar refractivity (Wildman–Crippen MR) is 85.1 cm³/mol. The zero-order valence-corrected chi connectivity index (χ0v) is 13.5. The molecule has 1 aliphatic heterocycles. The smallest absolute Gasteiger partial charge is 0.242 e. The van der Waals surface area contributed by atoms with Gasteiger partial charge in [-0.3, -0.25) is 9.00 Å². The van der Waals surface area contributed by atoms with E-state index in [9.17, 15) is 9.00 Å². The summed E-state index contributed by atoms with van der Waals surface area (Å²) in [6.07, 6.45) is 1.66. The van der Waals surface area contributed by atoms with Gasteiger partial charge in [0.05, 0.1) is 30.5 Å². The first-order valence-corrected chi connectivity index (χ1v) is 8.84. The van der Waals surface area contributed by atoms with Gasteiger partial charge in [0.25, 0.3) is 0 Å². The Hall–Kier alpha value is -1.11. The number of benzene rings is 1. The number of ether oxygens (including phenoxy) is 1. The van der Waals surface area contributed by atoms with Crippen LogP contribution in [0.2, 0.25) is 5.02 Å². The van der Waals surface area contributed by atoms with Gasteiger partial charge < -0.3 is 15.0 Å². The van der Waals surface area contributed by atoms with Gasteiger partial charge in [0.15, 0.2) is 0 Å². The summed E-state index contributed by atoms with van der Waals surface area (Å²) in [5.41, 5.74) is 1.63. The van der Waals surface area contributed by atoms with Gasteiger partial charge in [-0.2, -0.15) is 0 Å². The molecule has 0 spiro atoms. The first-order valence-electron chi connectivity index (χ1n) is 6.74. The van der Waals surface area contributed by atoms with Crippen LogP contribution in [0, 0.1) is 0 Å². The lowest BCUT2D eigenvalue weighted by Crippen LogP contribution is -2.43. The number of anilines is 1. The molecule has 1 N–H and O–H groups in total. The minimum atomic E-state index is -0.908.